The first-order valence-electron chi connectivity index (χ1n) is 7.29. The predicted molar refractivity (Wildman–Crippen MR) is 86.7 cm³/mol. The Morgan fingerprint density at radius 2 is 1.96 bits per heavy atom. The van der Waals surface area contributed by atoms with E-state index in [0.717, 1.165) is 5.75 Å². The molecule has 1 amide bonds. The van der Waals surface area contributed by atoms with Gasteiger partial charge in [0.1, 0.15) is 25.6 Å². The second kappa shape index (κ2) is 7.24. The van der Waals surface area contributed by atoms with Crippen molar-refractivity contribution < 1.29 is 19.0 Å². The van der Waals surface area contributed by atoms with E-state index >= 15 is 0 Å². The third-order valence-electron chi connectivity index (χ3n) is 3.26. The zero-order valence-electron chi connectivity index (χ0n) is 12.4. The molecule has 5 nitrogen and oxygen atoms in total. The average Bonchev–Trinajstić information content (AvgIpc) is 2.59. The molecule has 6 heteroatoms. The highest BCUT2D eigenvalue weighted by Gasteiger charge is 2.19. The summed E-state index contributed by atoms with van der Waals surface area (Å²) in [5.74, 6) is 1.51. The fourth-order valence-corrected chi connectivity index (χ4v) is 2.46. The highest BCUT2D eigenvalue weighted by molar-refractivity contribution is 6.32. The minimum Gasteiger partial charge on any atom is -0.492 e. The van der Waals surface area contributed by atoms with Crippen molar-refractivity contribution in [2.24, 2.45) is 0 Å². The number of rotatable bonds is 5. The van der Waals surface area contributed by atoms with Crippen LogP contribution in [0.4, 0.5) is 0 Å². The molecule has 0 aromatic heterocycles. The maximum absolute atomic E-state index is 12.2. The number of amides is 1. The maximum Gasteiger partial charge on any atom is 0.251 e. The molecule has 0 radical (unpaired) electrons. The first kappa shape index (κ1) is 15.5. The Morgan fingerprint density at radius 3 is 2.78 bits per heavy atom. The Kier molecular flexibility index (Phi) is 4.88. The van der Waals surface area contributed by atoms with Crippen molar-refractivity contribution in [1.29, 1.82) is 0 Å². The molecule has 1 N–H and O–H groups in total. The lowest BCUT2D eigenvalue weighted by atomic mass is 10.2. The molecule has 120 valence electrons. The summed E-state index contributed by atoms with van der Waals surface area (Å²) in [5.41, 5.74) is 0.430. The number of nitrogens with one attached hydrogen (secondary N) is 1. The van der Waals surface area contributed by atoms with Crippen LogP contribution in [0.2, 0.25) is 5.02 Å². The number of hydrogen-bond donors (Lipinski definition) is 1. The van der Waals surface area contributed by atoms with Crippen molar-refractivity contribution in [3.63, 3.8) is 0 Å². The van der Waals surface area contributed by atoms with E-state index < -0.39 is 0 Å². The molecular formula is C17H16ClNO4. The van der Waals surface area contributed by atoms with Crippen LogP contribution in [0.25, 0.3) is 0 Å². The van der Waals surface area contributed by atoms with Crippen molar-refractivity contribution in [1.82, 2.24) is 5.32 Å². The van der Waals surface area contributed by atoms with E-state index in [1.54, 1.807) is 12.1 Å². The Balaban J connectivity index is 1.55. The van der Waals surface area contributed by atoms with Crippen LogP contribution in [0.5, 0.6) is 17.2 Å². The van der Waals surface area contributed by atoms with Crippen LogP contribution in [0.3, 0.4) is 0 Å². The van der Waals surface area contributed by atoms with E-state index in [0.29, 0.717) is 48.5 Å². The van der Waals surface area contributed by atoms with E-state index in [1.165, 1.54) is 0 Å². The summed E-state index contributed by atoms with van der Waals surface area (Å²) in [7, 11) is 0. The molecule has 0 saturated heterocycles. The van der Waals surface area contributed by atoms with E-state index in [1.807, 2.05) is 30.3 Å². The highest BCUT2D eigenvalue weighted by Crippen LogP contribution is 2.38. The standard InChI is InChI=1S/C17H16ClNO4/c18-14-10-12(11-15-16(14)23-9-8-22-15)17(20)19-6-7-21-13-4-2-1-3-5-13/h1-5,10-11H,6-9H2,(H,19,20). The zero-order chi connectivity index (χ0) is 16.1. The molecule has 0 atom stereocenters. The summed E-state index contributed by atoms with van der Waals surface area (Å²) >= 11 is 6.12. The Morgan fingerprint density at radius 1 is 1.17 bits per heavy atom. The van der Waals surface area contributed by atoms with Crippen LogP contribution < -0.4 is 19.5 Å². The Bertz CT molecular complexity index is 690. The number of carbonyl (C=O) groups excluding carboxylic acids is 1. The van der Waals surface area contributed by atoms with E-state index in [9.17, 15) is 4.79 Å². The highest BCUT2D eigenvalue weighted by atomic mass is 35.5. The van der Waals surface area contributed by atoms with Crippen molar-refractivity contribution in [2.45, 2.75) is 0 Å². The first-order valence-corrected chi connectivity index (χ1v) is 7.67. The molecule has 0 spiro atoms. The minimum absolute atomic E-state index is 0.236. The molecule has 23 heavy (non-hydrogen) atoms. The van der Waals surface area contributed by atoms with Gasteiger partial charge in [0.15, 0.2) is 11.5 Å². The molecule has 3 rings (SSSR count). The van der Waals surface area contributed by atoms with Gasteiger partial charge in [-0.05, 0) is 24.3 Å². The van der Waals surface area contributed by atoms with Crippen LogP contribution in [0.1, 0.15) is 10.4 Å². The molecule has 1 aliphatic heterocycles. The molecule has 0 fully saturated rings. The van der Waals surface area contributed by atoms with Gasteiger partial charge in [-0.2, -0.15) is 0 Å². The first-order chi connectivity index (χ1) is 11.2. The summed E-state index contributed by atoms with van der Waals surface area (Å²) in [4.78, 5) is 12.2. The van der Waals surface area contributed by atoms with E-state index in [4.69, 9.17) is 25.8 Å². The largest absolute Gasteiger partial charge is 0.492 e. The average molecular weight is 334 g/mol. The Labute approximate surface area is 139 Å². The van der Waals surface area contributed by atoms with Crippen molar-refractivity contribution in [2.75, 3.05) is 26.4 Å². The number of ether oxygens (including phenoxy) is 3. The van der Waals surface area contributed by atoms with Crippen LogP contribution >= 0.6 is 11.6 Å². The van der Waals surface area contributed by atoms with Crippen molar-refractivity contribution >= 4 is 17.5 Å². The van der Waals surface area contributed by atoms with Gasteiger partial charge < -0.3 is 19.5 Å². The molecule has 0 aliphatic carbocycles. The van der Waals surface area contributed by atoms with Gasteiger partial charge in [0.25, 0.3) is 5.91 Å². The second-order valence-corrected chi connectivity index (χ2v) is 5.31. The fourth-order valence-electron chi connectivity index (χ4n) is 2.19. The molecule has 0 unspecified atom stereocenters. The Hall–Kier alpha value is -2.40. The smallest absolute Gasteiger partial charge is 0.251 e. The monoisotopic (exact) mass is 333 g/mol. The summed E-state index contributed by atoms with van der Waals surface area (Å²) < 4.78 is 16.4. The number of fused-ring (bicyclic) bond motifs is 1. The van der Waals surface area contributed by atoms with E-state index in [-0.39, 0.29) is 5.91 Å². The molecule has 2 aromatic rings. The van der Waals surface area contributed by atoms with Gasteiger partial charge in [0, 0.05) is 5.56 Å². The molecule has 1 aliphatic rings. The summed E-state index contributed by atoms with van der Waals surface area (Å²) in [5, 5.41) is 3.15. The lowest BCUT2D eigenvalue weighted by Crippen LogP contribution is -2.28. The normalized spacial score (nSPS) is 12.6. The molecule has 1 heterocycles. The molecule has 2 aromatic carbocycles. The number of carbonyl (C=O) groups is 1. The van der Waals surface area contributed by atoms with Gasteiger partial charge in [0.2, 0.25) is 0 Å². The second-order valence-electron chi connectivity index (χ2n) is 4.90. The van der Waals surface area contributed by atoms with Gasteiger partial charge in [-0.3, -0.25) is 4.79 Å². The quantitative estimate of drug-likeness (QED) is 0.855. The lowest BCUT2D eigenvalue weighted by Gasteiger charge is -2.20. The van der Waals surface area contributed by atoms with E-state index in [2.05, 4.69) is 5.32 Å². The third-order valence-corrected chi connectivity index (χ3v) is 3.54. The van der Waals surface area contributed by atoms with Crippen LogP contribution in [-0.2, 0) is 0 Å². The SMILES string of the molecule is O=C(NCCOc1ccccc1)c1cc(Cl)c2c(c1)OCCO2. The van der Waals surface area contributed by atoms with Crippen molar-refractivity contribution in [3.8, 4) is 17.2 Å². The number of halogens is 1. The zero-order valence-corrected chi connectivity index (χ0v) is 13.1. The van der Waals surface area contributed by atoms with Gasteiger partial charge in [-0.15, -0.1) is 0 Å². The molecule has 0 bridgehead atoms. The number of para-hydroxylation sites is 1. The minimum atomic E-state index is -0.236. The molecular weight excluding hydrogens is 318 g/mol. The summed E-state index contributed by atoms with van der Waals surface area (Å²) in [6.07, 6.45) is 0. The number of hydrogen-bond acceptors (Lipinski definition) is 4. The predicted octanol–water partition coefficient (Wildman–Crippen LogP) is 2.92. The number of benzene rings is 2. The maximum atomic E-state index is 12.2. The van der Waals surface area contributed by atoms with Gasteiger partial charge in [-0.25, -0.2) is 0 Å². The summed E-state index contributed by atoms with van der Waals surface area (Å²) in [6, 6.07) is 12.6. The molecule has 0 saturated carbocycles. The van der Waals surface area contributed by atoms with Crippen molar-refractivity contribution in [3.05, 3.63) is 53.1 Å². The van der Waals surface area contributed by atoms with Crippen LogP contribution in [0, 0.1) is 0 Å². The lowest BCUT2D eigenvalue weighted by molar-refractivity contribution is 0.0945. The van der Waals surface area contributed by atoms with Gasteiger partial charge >= 0.3 is 0 Å². The van der Waals surface area contributed by atoms with Gasteiger partial charge in [0.05, 0.1) is 11.6 Å². The van der Waals surface area contributed by atoms with Crippen LogP contribution in [-0.4, -0.2) is 32.3 Å². The third kappa shape index (κ3) is 3.87. The van der Waals surface area contributed by atoms with Gasteiger partial charge in [-0.1, -0.05) is 29.8 Å². The fraction of sp³-hybridized carbons (Fsp3) is 0.235. The van der Waals surface area contributed by atoms with Crippen LogP contribution in [0.15, 0.2) is 42.5 Å². The summed E-state index contributed by atoms with van der Waals surface area (Å²) in [6.45, 7) is 1.67. The topological polar surface area (TPSA) is 56.8 Å².